The van der Waals surface area contributed by atoms with Gasteiger partial charge >= 0.3 is 6.18 Å². The second-order valence-electron chi connectivity index (χ2n) is 4.39. The molecule has 0 spiro atoms. The van der Waals surface area contributed by atoms with E-state index in [0.29, 0.717) is 17.7 Å². The van der Waals surface area contributed by atoms with E-state index < -0.39 is 29.4 Å². The smallest absolute Gasteiger partial charge is 0.320 e. The monoisotopic (exact) mass is 321 g/mol. The van der Waals surface area contributed by atoms with Crippen LogP contribution in [0.15, 0.2) is 36.4 Å². The van der Waals surface area contributed by atoms with Crippen molar-refractivity contribution in [3.05, 3.63) is 69.7 Å². The Morgan fingerprint density at radius 1 is 0.905 bits per heavy atom. The van der Waals surface area contributed by atoms with Crippen LogP contribution in [0.3, 0.4) is 0 Å². The van der Waals surface area contributed by atoms with Gasteiger partial charge in [0.1, 0.15) is 11.6 Å². The molecule has 0 amide bonds. The van der Waals surface area contributed by atoms with Gasteiger partial charge in [-0.3, -0.25) is 0 Å². The number of alkyl halides is 3. The molecule has 2 rings (SSSR count). The summed E-state index contributed by atoms with van der Waals surface area (Å²) in [4.78, 5) is 0. The number of halogens is 6. The molecular formula is C14H9ClF5N. The molecule has 0 aliphatic heterocycles. The normalized spacial score (nSPS) is 13.3. The van der Waals surface area contributed by atoms with Crippen LogP contribution in [0.1, 0.15) is 22.7 Å². The zero-order valence-electron chi connectivity index (χ0n) is 10.4. The first-order chi connectivity index (χ1) is 9.70. The lowest BCUT2D eigenvalue weighted by atomic mass is 9.97. The van der Waals surface area contributed by atoms with Crippen molar-refractivity contribution in [2.75, 3.05) is 0 Å². The van der Waals surface area contributed by atoms with Crippen molar-refractivity contribution in [3.8, 4) is 0 Å². The minimum atomic E-state index is -4.82. The van der Waals surface area contributed by atoms with Crippen molar-refractivity contribution in [3.63, 3.8) is 0 Å². The van der Waals surface area contributed by atoms with Crippen LogP contribution in [-0.2, 0) is 6.18 Å². The van der Waals surface area contributed by atoms with Crippen molar-refractivity contribution >= 4 is 11.6 Å². The molecule has 1 unspecified atom stereocenters. The highest BCUT2D eigenvalue weighted by Crippen LogP contribution is 2.34. The van der Waals surface area contributed by atoms with Crippen LogP contribution in [0.5, 0.6) is 0 Å². The maximum Gasteiger partial charge on any atom is 0.419 e. The van der Waals surface area contributed by atoms with Crippen LogP contribution in [0.25, 0.3) is 0 Å². The summed E-state index contributed by atoms with van der Waals surface area (Å²) >= 11 is 5.60. The van der Waals surface area contributed by atoms with Crippen molar-refractivity contribution in [1.82, 2.24) is 0 Å². The summed E-state index contributed by atoms with van der Waals surface area (Å²) in [6, 6.07) is 5.09. The van der Waals surface area contributed by atoms with Gasteiger partial charge in [-0.05, 0) is 35.4 Å². The van der Waals surface area contributed by atoms with Gasteiger partial charge in [-0.1, -0.05) is 23.7 Å². The van der Waals surface area contributed by atoms with E-state index in [9.17, 15) is 22.0 Å². The fourth-order valence-electron chi connectivity index (χ4n) is 1.85. The molecule has 0 aliphatic rings. The maximum atomic E-state index is 13.2. The van der Waals surface area contributed by atoms with Gasteiger partial charge < -0.3 is 5.73 Å². The molecule has 7 heteroatoms. The molecule has 0 aromatic heterocycles. The predicted octanol–water partition coefficient (Wildman–Crippen LogP) is 4.69. The Bertz CT molecular complexity index is 669. The van der Waals surface area contributed by atoms with E-state index in [-0.39, 0.29) is 10.6 Å². The van der Waals surface area contributed by atoms with Crippen LogP contribution >= 0.6 is 11.6 Å². The van der Waals surface area contributed by atoms with Gasteiger partial charge in [-0.25, -0.2) is 8.78 Å². The molecule has 0 saturated heterocycles. The minimum Gasteiger partial charge on any atom is -0.320 e. The highest BCUT2D eigenvalue weighted by molar-refractivity contribution is 6.30. The molecule has 0 bridgehead atoms. The van der Waals surface area contributed by atoms with E-state index in [4.69, 9.17) is 17.3 Å². The first-order valence-corrected chi connectivity index (χ1v) is 6.15. The van der Waals surface area contributed by atoms with Crippen molar-refractivity contribution < 1.29 is 22.0 Å². The second kappa shape index (κ2) is 5.61. The molecule has 112 valence electrons. The number of benzene rings is 2. The van der Waals surface area contributed by atoms with Crippen LogP contribution < -0.4 is 5.73 Å². The van der Waals surface area contributed by atoms with Crippen LogP contribution in [-0.4, -0.2) is 0 Å². The van der Waals surface area contributed by atoms with E-state index >= 15 is 0 Å². The third-order valence-corrected chi connectivity index (χ3v) is 3.25. The Hall–Kier alpha value is -1.66. The topological polar surface area (TPSA) is 26.0 Å². The van der Waals surface area contributed by atoms with E-state index in [2.05, 4.69) is 0 Å². The lowest BCUT2D eigenvalue weighted by Gasteiger charge is -2.16. The Kier molecular flexibility index (Phi) is 4.20. The zero-order valence-corrected chi connectivity index (χ0v) is 11.1. The highest BCUT2D eigenvalue weighted by Gasteiger charge is 2.34. The third-order valence-electron chi connectivity index (χ3n) is 2.96. The lowest BCUT2D eigenvalue weighted by molar-refractivity contribution is -0.140. The summed E-state index contributed by atoms with van der Waals surface area (Å²) < 4.78 is 64.3. The molecular weight excluding hydrogens is 313 g/mol. The van der Waals surface area contributed by atoms with E-state index in [0.717, 1.165) is 12.1 Å². The van der Waals surface area contributed by atoms with Gasteiger partial charge in [0, 0.05) is 0 Å². The molecule has 0 fully saturated rings. The molecule has 21 heavy (non-hydrogen) atoms. The highest BCUT2D eigenvalue weighted by atomic mass is 35.5. The quantitative estimate of drug-likeness (QED) is 0.798. The van der Waals surface area contributed by atoms with Crippen molar-refractivity contribution in [2.24, 2.45) is 5.73 Å². The molecule has 1 atom stereocenters. The molecule has 0 aliphatic carbocycles. The molecule has 0 heterocycles. The van der Waals surface area contributed by atoms with Gasteiger partial charge in [-0.15, -0.1) is 0 Å². The van der Waals surface area contributed by atoms with Crippen LogP contribution in [0, 0.1) is 11.6 Å². The Morgan fingerprint density at radius 3 is 1.95 bits per heavy atom. The van der Waals surface area contributed by atoms with Gasteiger partial charge in [0.25, 0.3) is 0 Å². The average molecular weight is 322 g/mol. The molecule has 0 saturated carbocycles. The van der Waals surface area contributed by atoms with Gasteiger partial charge in [0.2, 0.25) is 0 Å². The summed E-state index contributed by atoms with van der Waals surface area (Å²) in [7, 11) is 0. The molecule has 2 aromatic carbocycles. The van der Waals surface area contributed by atoms with Crippen LogP contribution in [0.4, 0.5) is 22.0 Å². The fourth-order valence-corrected chi connectivity index (χ4v) is 2.04. The van der Waals surface area contributed by atoms with E-state index in [1.54, 1.807) is 0 Å². The minimum absolute atomic E-state index is 0.0476. The van der Waals surface area contributed by atoms with E-state index in [1.807, 2.05) is 0 Å². The maximum absolute atomic E-state index is 13.2. The number of nitrogens with two attached hydrogens (primary N) is 1. The number of hydrogen-bond acceptors (Lipinski definition) is 1. The summed E-state index contributed by atoms with van der Waals surface area (Å²) in [5, 5.41) is -0.193. The summed E-state index contributed by atoms with van der Waals surface area (Å²) in [5.74, 6) is -2.04. The SMILES string of the molecule is NC(c1ccc(F)c(Cl)c1)c1ccc(F)c(C(F)(F)F)c1. The Labute approximate surface area is 122 Å². The summed E-state index contributed by atoms with van der Waals surface area (Å²) in [6.07, 6.45) is -4.82. The van der Waals surface area contributed by atoms with Gasteiger partial charge in [0.05, 0.1) is 16.6 Å². The standard InChI is InChI=1S/C14H9ClF5N/c15-10-6-8(2-4-12(10)17)13(21)7-1-3-11(16)9(5-7)14(18,19)20/h1-6,13H,21H2. The van der Waals surface area contributed by atoms with Crippen molar-refractivity contribution in [2.45, 2.75) is 12.2 Å². The van der Waals surface area contributed by atoms with Crippen molar-refractivity contribution in [1.29, 1.82) is 0 Å². The summed E-state index contributed by atoms with van der Waals surface area (Å²) in [5.41, 5.74) is 4.80. The second-order valence-corrected chi connectivity index (χ2v) is 4.80. The Morgan fingerprint density at radius 2 is 1.43 bits per heavy atom. The zero-order chi connectivity index (χ0) is 15.8. The largest absolute Gasteiger partial charge is 0.419 e. The lowest BCUT2D eigenvalue weighted by Crippen LogP contribution is -2.15. The number of hydrogen-bond donors (Lipinski definition) is 1. The fraction of sp³-hybridized carbons (Fsp3) is 0.143. The average Bonchev–Trinajstić information content (AvgIpc) is 2.40. The number of rotatable bonds is 2. The third kappa shape index (κ3) is 3.33. The molecule has 0 radical (unpaired) electrons. The van der Waals surface area contributed by atoms with E-state index in [1.165, 1.54) is 12.1 Å². The Balaban J connectivity index is 2.44. The first-order valence-electron chi connectivity index (χ1n) is 5.77. The van der Waals surface area contributed by atoms with Gasteiger partial charge in [-0.2, -0.15) is 13.2 Å². The van der Waals surface area contributed by atoms with Gasteiger partial charge in [0.15, 0.2) is 0 Å². The summed E-state index contributed by atoms with van der Waals surface area (Å²) in [6.45, 7) is 0. The molecule has 1 nitrogen and oxygen atoms in total. The molecule has 2 N–H and O–H groups in total. The first kappa shape index (κ1) is 15.7. The molecule has 2 aromatic rings. The predicted molar refractivity (Wildman–Crippen MR) is 68.8 cm³/mol. The van der Waals surface area contributed by atoms with Crippen LogP contribution in [0.2, 0.25) is 5.02 Å².